The van der Waals surface area contributed by atoms with Crippen LogP contribution in [0.1, 0.15) is 44.1 Å². The van der Waals surface area contributed by atoms with Crippen LogP contribution in [0.4, 0.5) is 0 Å². The van der Waals surface area contributed by atoms with Gasteiger partial charge in [-0.3, -0.25) is 4.79 Å². The van der Waals surface area contributed by atoms with Crippen LogP contribution in [0.15, 0.2) is 30.3 Å². The number of amides is 1. The Labute approximate surface area is 134 Å². The average Bonchev–Trinajstić information content (AvgIpc) is 3.39. The zero-order chi connectivity index (χ0) is 15.4. The van der Waals surface area contributed by atoms with Crippen molar-refractivity contribution in [3.05, 3.63) is 35.9 Å². The standard InChI is InChI=1S/C19H28N2O/c1-16(17-6-3-2-4-7-17)10-13-20-11-5-12-21(15-14-20)19(22)18-8-9-18/h2-4,6-7,16,18H,5,8-15H2,1H3/t16-/m0/s1. The molecule has 3 rings (SSSR count). The quantitative estimate of drug-likeness (QED) is 0.834. The van der Waals surface area contributed by atoms with E-state index in [1.807, 2.05) is 0 Å². The summed E-state index contributed by atoms with van der Waals surface area (Å²) in [5, 5.41) is 0. The first-order valence-electron chi connectivity index (χ1n) is 8.80. The summed E-state index contributed by atoms with van der Waals surface area (Å²) in [6.45, 7) is 7.52. The van der Waals surface area contributed by atoms with Crippen molar-refractivity contribution < 1.29 is 4.79 Å². The molecule has 1 amide bonds. The van der Waals surface area contributed by atoms with Crippen LogP contribution in [-0.4, -0.2) is 48.4 Å². The number of hydrogen-bond donors (Lipinski definition) is 0. The molecule has 0 bridgehead atoms. The third-order valence-corrected chi connectivity index (χ3v) is 5.07. The van der Waals surface area contributed by atoms with Crippen molar-refractivity contribution in [1.29, 1.82) is 0 Å². The molecule has 1 heterocycles. The Balaban J connectivity index is 1.44. The van der Waals surface area contributed by atoms with Crippen LogP contribution >= 0.6 is 0 Å². The molecule has 2 fully saturated rings. The third-order valence-electron chi connectivity index (χ3n) is 5.07. The van der Waals surface area contributed by atoms with Crippen LogP contribution in [0, 0.1) is 5.92 Å². The van der Waals surface area contributed by atoms with E-state index in [9.17, 15) is 4.79 Å². The molecule has 0 N–H and O–H groups in total. The van der Waals surface area contributed by atoms with E-state index in [1.165, 1.54) is 12.0 Å². The Morgan fingerprint density at radius 2 is 1.91 bits per heavy atom. The Kier molecular flexibility index (Phi) is 5.14. The Bertz CT molecular complexity index is 483. The van der Waals surface area contributed by atoms with Crippen LogP contribution in [0.5, 0.6) is 0 Å². The minimum atomic E-state index is 0.365. The Morgan fingerprint density at radius 1 is 1.14 bits per heavy atom. The van der Waals surface area contributed by atoms with Crippen LogP contribution in [-0.2, 0) is 4.79 Å². The highest BCUT2D eigenvalue weighted by molar-refractivity contribution is 5.81. The highest BCUT2D eigenvalue weighted by Crippen LogP contribution is 2.31. The summed E-state index contributed by atoms with van der Waals surface area (Å²) in [4.78, 5) is 16.8. The van der Waals surface area contributed by atoms with Crippen molar-refractivity contribution in [2.75, 3.05) is 32.7 Å². The molecule has 1 aromatic carbocycles. The number of carbonyl (C=O) groups is 1. The third kappa shape index (κ3) is 4.10. The van der Waals surface area contributed by atoms with Gasteiger partial charge in [0.1, 0.15) is 0 Å². The van der Waals surface area contributed by atoms with Gasteiger partial charge in [0.05, 0.1) is 0 Å². The molecule has 3 nitrogen and oxygen atoms in total. The highest BCUT2D eigenvalue weighted by Gasteiger charge is 2.33. The lowest BCUT2D eigenvalue weighted by atomic mass is 9.98. The summed E-state index contributed by atoms with van der Waals surface area (Å²) < 4.78 is 0. The van der Waals surface area contributed by atoms with Crippen molar-refractivity contribution in [3.63, 3.8) is 0 Å². The van der Waals surface area contributed by atoms with Crippen molar-refractivity contribution >= 4 is 5.91 Å². The number of carbonyl (C=O) groups excluding carboxylic acids is 1. The van der Waals surface area contributed by atoms with Gasteiger partial charge in [-0.15, -0.1) is 0 Å². The van der Waals surface area contributed by atoms with Gasteiger partial charge in [0.2, 0.25) is 5.91 Å². The lowest BCUT2D eigenvalue weighted by Crippen LogP contribution is -2.36. The maximum atomic E-state index is 12.2. The van der Waals surface area contributed by atoms with Crippen LogP contribution in [0.3, 0.4) is 0 Å². The number of nitrogens with zero attached hydrogens (tertiary/aromatic N) is 2. The second-order valence-electron chi connectivity index (χ2n) is 6.90. The lowest BCUT2D eigenvalue weighted by molar-refractivity contribution is -0.132. The Hall–Kier alpha value is -1.35. The average molecular weight is 300 g/mol. The second kappa shape index (κ2) is 7.28. The van der Waals surface area contributed by atoms with E-state index in [0.29, 0.717) is 17.7 Å². The molecule has 1 aliphatic carbocycles. The zero-order valence-electron chi connectivity index (χ0n) is 13.7. The molecule has 0 unspecified atom stereocenters. The van der Waals surface area contributed by atoms with E-state index in [1.54, 1.807) is 0 Å². The van der Waals surface area contributed by atoms with Crippen LogP contribution < -0.4 is 0 Å². The fourth-order valence-electron chi connectivity index (χ4n) is 3.33. The fourth-order valence-corrected chi connectivity index (χ4v) is 3.33. The van der Waals surface area contributed by atoms with Gasteiger partial charge in [-0.25, -0.2) is 0 Å². The Morgan fingerprint density at radius 3 is 2.64 bits per heavy atom. The largest absolute Gasteiger partial charge is 0.341 e. The van der Waals surface area contributed by atoms with Gasteiger partial charge in [-0.2, -0.15) is 0 Å². The summed E-state index contributed by atoms with van der Waals surface area (Å²) in [5.74, 6) is 1.39. The molecule has 0 radical (unpaired) electrons. The van der Waals surface area contributed by atoms with Gasteiger partial charge in [-0.05, 0) is 50.3 Å². The molecule has 1 atom stereocenters. The number of benzene rings is 1. The van der Waals surface area contributed by atoms with Gasteiger partial charge < -0.3 is 9.80 Å². The van der Waals surface area contributed by atoms with Gasteiger partial charge >= 0.3 is 0 Å². The predicted octanol–water partition coefficient (Wildman–Crippen LogP) is 3.12. The summed E-state index contributed by atoms with van der Waals surface area (Å²) >= 11 is 0. The summed E-state index contributed by atoms with van der Waals surface area (Å²) in [6, 6.07) is 10.8. The summed E-state index contributed by atoms with van der Waals surface area (Å²) in [7, 11) is 0. The molecule has 1 aliphatic heterocycles. The zero-order valence-corrected chi connectivity index (χ0v) is 13.7. The smallest absolute Gasteiger partial charge is 0.225 e. The topological polar surface area (TPSA) is 23.6 Å². The maximum absolute atomic E-state index is 12.2. The fraction of sp³-hybridized carbons (Fsp3) is 0.632. The van der Waals surface area contributed by atoms with E-state index < -0.39 is 0 Å². The summed E-state index contributed by atoms with van der Waals surface area (Å²) in [5.41, 5.74) is 1.43. The molecular formula is C19H28N2O. The van der Waals surface area contributed by atoms with Gasteiger partial charge in [-0.1, -0.05) is 37.3 Å². The molecule has 0 aromatic heterocycles. The van der Waals surface area contributed by atoms with Crippen molar-refractivity contribution in [3.8, 4) is 0 Å². The minimum absolute atomic E-state index is 0.365. The molecule has 2 aliphatic rings. The molecule has 1 aromatic rings. The van der Waals surface area contributed by atoms with Gasteiger partial charge in [0.25, 0.3) is 0 Å². The van der Waals surface area contributed by atoms with Crippen LogP contribution in [0.2, 0.25) is 0 Å². The first kappa shape index (κ1) is 15.5. The maximum Gasteiger partial charge on any atom is 0.225 e. The van der Waals surface area contributed by atoms with Crippen molar-refractivity contribution in [2.24, 2.45) is 5.92 Å². The van der Waals surface area contributed by atoms with E-state index in [-0.39, 0.29) is 0 Å². The van der Waals surface area contributed by atoms with Crippen molar-refractivity contribution in [1.82, 2.24) is 9.80 Å². The van der Waals surface area contributed by atoms with E-state index in [4.69, 9.17) is 0 Å². The highest BCUT2D eigenvalue weighted by atomic mass is 16.2. The molecule has 0 spiro atoms. The van der Waals surface area contributed by atoms with Crippen LogP contribution in [0.25, 0.3) is 0 Å². The first-order chi connectivity index (χ1) is 10.7. The predicted molar refractivity (Wildman–Crippen MR) is 89.8 cm³/mol. The molecular weight excluding hydrogens is 272 g/mol. The lowest BCUT2D eigenvalue weighted by Gasteiger charge is -2.23. The number of hydrogen-bond acceptors (Lipinski definition) is 2. The SMILES string of the molecule is C[C@@H](CCN1CCCN(C(=O)C2CC2)CC1)c1ccccc1. The minimum Gasteiger partial charge on any atom is -0.341 e. The number of rotatable bonds is 5. The molecule has 1 saturated carbocycles. The molecule has 120 valence electrons. The van der Waals surface area contributed by atoms with Gasteiger partial charge in [0, 0.05) is 25.6 Å². The normalized spacial score (nSPS) is 21.4. The van der Waals surface area contributed by atoms with E-state index in [0.717, 1.165) is 52.0 Å². The van der Waals surface area contributed by atoms with Gasteiger partial charge in [0.15, 0.2) is 0 Å². The molecule has 22 heavy (non-hydrogen) atoms. The van der Waals surface area contributed by atoms with E-state index >= 15 is 0 Å². The monoisotopic (exact) mass is 300 g/mol. The summed E-state index contributed by atoms with van der Waals surface area (Å²) in [6.07, 6.45) is 4.56. The van der Waals surface area contributed by atoms with Crippen molar-refractivity contribution in [2.45, 2.75) is 38.5 Å². The second-order valence-corrected chi connectivity index (χ2v) is 6.90. The molecule has 3 heteroatoms. The van der Waals surface area contributed by atoms with E-state index in [2.05, 4.69) is 47.1 Å². The first-order valence-corrected chi connectivity index (χ1v) is 8.80. The molecule has 1 saturated heterocycles.